The Hall–Kier alpha value is -2.81. The maximum absolute atomic E-state index is 11.8. The Morgan fingerprint density at radius 1 is 1.57 bits per heavy atom. The standard InChI is InChI=1S/C15H14N4O2/c1-11-12(9-16-15(20)14-7-8-17-21-14)10-19(18-11)13-5-3-2-4-6-13/h6-8,10H,3,5,9H2,1H3,(H,16,20). The first-order chi connectivity index (χ1) is 10.2. The largest absolute Gasteiger partial charge is 0.351 e. The highest BCUT2D eigenvalue weighted by Crippen LogP contribution is 2.16. The molecule has 1 amide bonds. The van der Waals surface area contributed by atoms with Crippen molar-refractivity contribution < 1.29 is 9.32 Å². The molecule has 0 radical (unpaired) electrons. The lowest BCUT2D eigenvalue weighted by molar-refractivity contribution is 0.0914. The summed E-state index contributed by atoms with van der Waals surface area (Å²) in [6.07, 6.45) is 6.98. The molecular weight excluding hydrogens is 268 g/mol. The van der Waals surface area contributed by atoms with Gasteiger partial charge in [0.15, 0.2) is 0 Å². The number of carbonyl (C=O) groups is 1. The second-order valence-corrected chi connectivity index (χ2v) is 4.70. The molecule has 0 bridgehead atoms. The van der Waals surface area contributed by atoms with Crippen LogP contribution in [-0.2, 0) is 6.54 Å². The number of amides is 1. The summed E-state index contributed by atoms with van der Waals surface area (Å²) in [6.45, 7) is 2.31. The van der Waals surface area contributed by atoms with E-state index in [0.29, 0.717) is 6.54 Å². The summed E-state index contributed by atoms with van der Waals surface area (Å²) in [5.74, 6) is 5.90. The zero-order chi connectivity index (χ0) is 14.7. The molecule has 106 valence electrons. The topological polar surface area (TPSA) is 73.0 Å². The predicted octanol–water partition coefficient (Wildman–Crippen LogP) is 1.75. The van der Waals surface area contributed by atoms with Gasteiger partial charge in [0.25, 0.3) is 5.91 Å². The second kappa shape index (κ2) is 5.67. The maximum atomic E-state index is 11.8. The van der Waals surface area contributed by atoms with Gasteiger partial charge in [-0.25, -0.2) is 4.68 Å². The highest BCUT2D eigenvalue weighted by molar-refractivity contribution is 5.91. The normalized spacial score (nSPS) is 13.3. The van der Waals surface area contributed by atoms with Crippen LogP contribution < -0.4 is 5.32 Å². The highest BCUT2D eigenvalue weighted by Gasteiger charge is 2.12. The summed E-state index contributed by atoms with van der Waals surface area (Å²) >= 11 is 0. The fraction of sp³-hybridized carbons (Fsp3) is 0.267. The van der Waals surface area contributed by atoms with Crippen LogP contribution in [0, 0.1) is 18.8 Å². The lowest BCUT2D eigenvalue weighted by Gasteiger charge is -2.06. The van der Waals surface area contributed by atoms with Crippen LogP contribution in [0.2, 0.25) is 0 Å². The number of hydrogen-bond acceptors (Lipinski definition) is 4. The van der Waals surface area contributed by atoms with Crippen molar-refractivity contribution in [1.29, 1.82) is 0 Å². The summed E-state index contributed by atoms with van der Waals surface area (Å²) in [5, 5.41) is 10.8. The van der Waals surface area contributed by atoms with E-state index in [1.165, 1.54) is 12.3 Å². The van der Waals surface area contributed by atoms with E-state index in [4.69, 9.17) is 4.52 Å². The third kappa shape index (κ3) is 2.87. The van der Waals surface area contributed by atoms with Gasteiger partial charge in [0.05, 0.1) is 17.6 Å². The minimum atomic E-state index is -0.289. The van der Waals surface area contributed by atoms with Crippen molar-refractivity contribution >= 4 is 11.6 Å². The molecule has 6 heteroatoms. The van der Waals surface area contributed by atoms with Gasteiger partial charge in [-0.2, -0.15) is 5.10 Å². The van der Waals surface area contributed by atoms with Gasteiger partial charge < -0.3 is 9.84 Å². The Bertz CT molecular complexity index is 744. The summed E-state index contributed by atoms with van der Waals surface area (Å²) in [5.41, 5.74) is 2.92. The second-order valence-electron chi connectivity index (χ2n) is 4.70. The highest BCUT2D eigenvalue weighted by atomic mass is 16.5. The van der Waals surface area contributed by atoms with Gasteiger partial charge in [-0.05, 0) is 6.92 Å². The van der Waals surface area contributed by atoms with Crippen LogP contribution in [0.3, 0.4) is 0 Å². The summed E-state index contributed by atoms with van der Waals surface area (Å²) in [7, 11) is 0. The van der Waals surface area contributed by atoms with Crippen LogP contribution in [0.5, 0.6) is 0 Å². The molecule has 0 unspecified atom stereocenters. The summed E-state index contributed by atoms with van der Waals surface area (Å²) < 4.78 is 6.64. The van der Waals surface area contributed by atoms with Crippen molar-refractivity contribution in [2.75, 3.05) is 0 Å². The van der Waals surface area contributed by atoms with Crippen molar-refractivity contribution in [1.82, 2.24) is 20.3 Å². The number of aryl methyl sites for hydroxylation is 1. The molecule has 21 heavy (non-hydrogen) atoms. The van der Waals surface area contributed by atoms with Gasteiger partial charge >= 0.3 is 0 Å². The van der Waals surface area contributed by atoms with Crippen LogP contribution in [0.25, 0.3) is 5.70 Å². The van der Waals surface area contributed by atoms with Crippen LogP contribution in [-0.4, -0.2) is 20.8 Å². The first-order valence-electron chi connectivity index (χ1n) is 6.66. The Morgan fingerprint density at radius 2 is 2.48 bits per heavy atom. The zero-order valence-electron chi connectivity index (χ0n) is 11.6. The first kappa shape index (κ1) is 13.2. The summed E-state index contributed by atoms with van der Waals surface area (Å²) in [4.78, 5) is 11.8. The van der Waals surface area contributed by atoms with E-state index in [0.717, 1.165) is 29.8 Å². The van der Waals surface area contributed by atoms with E-state index < -0.39 is 0 Å². The monoisotopic (exact) mass is 282 g/mol. The molecule has 2 heterocycles. The quantitative estimate of drug-likeness (QED) is 0.867. The smallest absolute Gasteiger partial charge is 0.290 e. The first-order valence-corrected chi connectivity index (χ1v) is 6.66. The third-order valence-corrected chi connectivity index (χ3v) is 3.24. The van der Waals surface area contributed by atoms with Crippen LogP contribution >= 0.6 is 0 Å². The minimum Gasteiger partial charge on any atom is -0.351 e. The van der Waals surface area contributed by atoms with Crippen molar-refractivity contribution in [3.63, 3.8) is 0 Å². The SMILES string of the molecule is Cc1nn(C2=CC#CCC2)cc1CNC(=O)c1ccno1. The minimum absolute atomic E-state index is 0.199. The van der Waals surface area contributed by atoms with Gasteiger partial charge in [0, 0.05) is 43.3 Å². The Labute approximate surface area is 121 Å². The Morgan fingerprint density at radius 3 is 3.19 bits per heavy atom. The molecule has 2 aromatic heterocycles. The number of aromatic nitrogens is 3. The Kier molecular flexibility index (Phi) is 3.56. The third-order valence-electron chi connectivity index (χ3n) is 3.24. The van der Waals surface area contributed by atoms with Crippen molar-refractivity contribution in [3.05, 3.63) is 41.6 Å². The van der Waals surface area contributed by atoms with Gasteiger partial charge in [-0.15, -0.1) is 0 Å². The van der Waals surface area contributed by atoms with E-state index in [-0.39, 0.29) is 11.7 Å². The maximum Gasteiger partial charge on any atom is 0.290 e. The van der Waals surface area contributed by atoms with Crippen LogP contribution in [0.15, 0.2) is 29.1 Å². The molecule has 0 atom stereocenters. The van der Waals surface area contributed by atoms with Gasteiger partial charge in [-0.3, -0.25) is 4.79 Å². The number of carbonyl (C=O) groups excluding carboxylic acids is 1. The molecule has 6 nitrogen and oxygen atoms in total. The van der Waals surface area contributed by atoms with Crippen LogP contribution in [0.4, 0.5) is 0 Å². The van der Waals surface area contributed by atoms with Crippen molar-refractivity contribution in [2.24, 2.45) is 0 Å². The molecule has 0 spiro atoms. The Balaban J connectivity index is 1.69. The van der Waals surface area contributed by atoms with E-state index in [1.807, 2.05) is 23.9 Å². The molecule has 1 aliphatic rings. The number of nitrogens with one attached hydrogen (secondary N) is 1. The fourth-order valence-electron chi connectivity index (χ4n) is 2.06. The molecular formula is C15H14N4O2. The molecule has 0 saturated carbocycles. The van der Waals surface area contributed by atoms with E-state index in [1.54, 1.807) is 0 Å². The molecule has 3 rings (SSSR count). The van der Waals surface area contributed by atoms with Crippen molar-refractivity contribution in [2.45, 2.75) is 26.3 Å². The van der Waals surface area contributed by atoms with Crippen LogP contribution in [0.1, 0.15) is 34.7 Å². The predicted molar refractivity (Wildman–Crippen MR) is 75.9 cm³/mol. The molecule has 1 aliphatic carbocycles. The summed E-state index contributed by atoms with van der Waals surface area (Å²) in [6, 6.07) is 1.52. The van der Waals surface area contributed by atoms with E-state index in [2.05, 4.69) is 27.4 Å². The van der Waals surface area contributed by atoms with E-state index >= 15 is 0 Å². The molecule has 0 aromatic carbocycles. The van der Waals surface area contributed by atoms with Gasteiger partial charge in [-0.1, -0.05) is 17.0 Å². The molecule has 0 fully saturated rings. The average Bonchev–Trinajstić information content (AvgIpc) is 3.16. The molecule has 0 saturated heterocycles. The van der Waals surface area contributed by atoms with Gasteiger partial charge in [0.2, 0.25) is 5.76 Å². The molecule has 0 aliphatic heterocycles. The average molecular weight is 282 g/mol. The lowest BCUT2D eigenvalue weighted by Crippen LogP contribution is -2.22. The number of hydrogen-bond donors (Lipinski definition) is 1. The van der Waals surface area contributed by atoms with E-state index in [9.17, 15) is 4.79 Å². The number of rotatable bonds is 4. The van der Waals surface area contributed by atoms with Gasteiger partial charge in [0.1, 0.15) is 0 Å². The number of allylic oxidation sites excluding steroid dienone is 2. The lowest BCUT2D eigenvalue weighted by atomic mass is 10.2. The zero-order valence-corrected chi connectivity index (χ0v) is 11.6. The number of nitrogens with zero attached hydrogens (tertiary/aromatic N) is 3. The molecule has 1 N–H and O–H groups in total. The molecule has 2 aromatic rings. The fourth-order valence-corrected chi connectivity index (χ4v) is 2.06. The van der Waals surface area contributed by atoms with Crippen molar-refractivity contribution in [3.8, 4) is 11.8 Å².